The molecule has 3 nitrogen and oxygen atoms in total. The highest BCUT2D eigenvalue weighted by Gasteiger charge is 2.36. The van der Waals surface area contributed by atoms with Crippen molar-refractivity contribution < 1.29 is 0 Å². The van der Waals surface area contributed by atoms with Gasteiger partial charge in [-0.1, -0.05) is 172 Å². The lowest BCUT2D eigenvalue weighted by molar-refractivity contribution is 0.660. The molecule has 15 rings (SSSR count). The van der Waals surface area contributed by atoms with Crippen LogP contribution in [0.5, 0.6) is 0 Å². The molecule has 0 aliphatic heterocycles. The lowest BCUT2D eigenvalue weighted by atomic mass is 9.81. The lowest BCUT2D eigenvalue weighted by Gasteiger charge is -2.28. The van der Waals surface area contributed by atoms with Crippen LogP contribution in [0.1, 0.15) is 25.0 Å². The summed E-state index contributed by atoms with van der Waals surface area (Å²) < 4.78 is 4.84. The Bertz CT molecular complexity index is 4440. The van der Waals surface area contributed by atoms with Gasteiger partial charge in [-0.2, -0.15) is 0 Å². The van der Waals surface area contributed by atoms with E-state index >= 15 is 0 Å². The third kappa shape index (κ3) is 5.98. The molecular weight excluding hydrogens is 871 g/mol. The molecule has 1 aliphatic rings. The molecule has 338 valence electrons. The molecule has 3 aromatic heterocycles. The molecular formula is C69H47N3. The van der Waals surface area contributed by atoms with E-state index in [0.29, 0.717) is 0 Å². The van der Waals surface area contributed by atoms with Crippen LogP contribution >= 0.6 is 0 Å². The van der Waals surface area contributed by atoms with E-state index in [9.17, 15) is 0 Å². The van der Waals surface area contributed by atoms with Crippen molar-refractivity contribution in [1.82, 2.24) is 8.97 Å². The molecule has 3 heteroatoms. The summed E-state index contributed by atoms with van der Waals surface area (Å²) in [5, 5.41) is 7.73. The number of benzene rings is 11. The van der Waals surface area contributed by atoms with Crippen LogP contribution in [0.3, 0.4) is 0 Å². The van der Waals surface area contributed by atoms with Gasteiger partial charge in [0.05, 0.1) is 27.6 Å². The number of fused-ring (bicyclic) bond motifs is 12. The molecule has 11 aromatic carbocycles. The van der Waals surface area contributed by atoms with Crippen molar-refractivity contribution in [2.75, 3.05) is 4.90 Å². The normalized spacial score (nSPS) is 13.0. The highest BCUT2D eigenvalue weighted by molar-refractivity contribution is 6.23. The number of rotatable bonds is 7. The van der Waals surface area contributed by atoms with Gasteiger partial charge in [0.15, 0.2) is 0 Å². The van der Waals surface area contributed by atoms with Crippen LogP contribution in [0.4, 0.5) is 17.1 Å². The van der Waals surface area contributed by atoms with Gasteiger partial charge < -0.3 is 13.9 Å². The first kappa shape index (κ1) is 40.7. The van der Waals surface area contributed by atoms with Crippen molar-refractivity contribution in [3.63, 3.8) is 0 Å². The van der Waals surface area contributed by atoms with Crippen molar-refractivity contribution in [1.29, 1.82) is 0 Å². The Morgan fingerprint density at radius 3 is 1.44 bits per heavy atom. The van der Waals surface area contributed by atoms with E-state index in [-0.39, 0.29) is 5.41 Å². The van der Waals surface area contributed by atoms with Gasteiger partial charge in [-0.05, 0) is 147 Å². The molecule has 0 unspecified atom stereocenters. The first-order valence-corrected chi connectivity index (χ1v) is 25.1. The lowest BCUT2D eigenvalue weighted by Crippen LogP contribution is -2.16. The van der Waals surface area contributed by atoms with Crippen LogP contribution in [-0.4, -0.2) is 8.97 Å². The zero-order valence-electron chi connectivity index (χ0n) is 40.0. The molecule has 0 fully saturated rings. The predicted octanol–water partition coefficient (Wildman–Crippen LogP) is 18.7. The van der Waals surface area contributed by atoms with E-state index in [0.717, 1.165) is 17.1 Å². The van der Waals surface area contributed by atoms with E-state index in [1.807, 2.05) is 0 Å². The Morgan fingerprint density at radius 2 is 0.736 bits per heavy atom. The molecule has 72 heavy (non-hydrogen) atoms. The van der Waals surface area contributed by atoms with Crippen molar-refractivity contribution >= 4 is 77.0 Å². The standard InChI is InChI=1S/C69H47N3/c1-69(2)62-42-49(48-30-39-67-61(41-48)59-21-13-20-58-56-18-9-12-23-65(56)72(67)68(58)59)28-36-54(62)55-37-35-53(43-63(55)69)70(51-31-24-45(25-32-51)44-14-5-3-6-15-44)52-33-26-46(27-34-52)47-29-38-66-60(40-47)57-19-10-11-22-64(57)71(66)50-16-7-4-8-17-50/h3-43H,1-2H3. The smallest absolute Gasteiger partial charge is 0.0620 e. The number of hydrogen-bond acceptors (Lipinski definition) is 1. The molecule has 0 saturated carbocycles. The second-order valence-electron chi connectivity index (χ2n) is 20.1. The molecule has 0 bridgehead atoms. The topological polar surface area (TPSA) is 12.6 Å². The van der Waals surface area contributed by atoms with Crippen molar-refractivity contribution in [3.8, 4) is 50.2 Å². The van der Waals surface area contributed by atoms with Crippen LogP contribution < -0.4 is 4.90 Å². The summed E-state index contributed by atoms with van der Waals surface area (Å²) in [5.41, 5.74) is 23.1. The summed E-state index contributed by atoms with van der Waals surface area (Å²) in [6.45, 7) is 4.80. The average molecular weight is 918 g/mol. The number of nitrogens with zero attached hydrogens (tertiary/aromatic N) is 3. The van der Waals surface area contributed by atoms with Crippen LogP contribution in [0, 0.1) is 0 Å². The highest BCUT2D eigenvalue weighted by Crippen LogP contribution is 2.52. The fraction of sp³-hybridized carbons (Fsp3) is 0.0435. The average Bonchev–Trinajstić information content (AvgIpc) is 4.14. The van der Waals surface area contributed by atoms with Crippen molar-refractivity contribution in [3.05, 3.63) is 260 Å². The van der Waals surface area contributed by atoms with Crippen LogP contribution in [0.15, 0.2) is 249 Å². The second-order valence-corrected chi connectivity index (χ2v) is 20.1. The maximum absolute atomic E-state index is 2.46. The van der Waals surface area contributed by atoms with Gasteiger partial charge in [-0.15, -0.1) is 0 Å². The molecule has 0 amide bonds. The van der Waals surface area contributed by atoms with Crippen molar-refractivity contribution in [2.45, 2.75) is 19.3 Å². The third-order valence-electron chi connectivity index (χ3n) is 15.9. The minimum absolute atomic E-state index is 0.231. The van der Waals surface area contributed by atoms with E-state index in [4.69, 9.17) is 0 Å². The minimum atomic E-state index is -0.231. The monoisotopic (exact) mass is 917 g/mol. The van der Waals surface area contributed by atoms with Gasteiger partial charge in [-0.25, -0.2) is 0 Å². The third-order valence-corrected chi connectivity index (χ3v) is 15.9. The summed E-state index contributed by atoms with van der Waals surface area (Å²) in [6.07, 6.45) is 0. The van der Waals surface area contributed by atoms with Gasteiger partial charge in [-0.3, -0.25) is 0 Å². The Balaban J connectivity index is 0.807. The molecule has 3 heterocycles. The molecule has 14 aromatic rings. The zero-order valence-corrected chi connectivity index (χ0v) is 40.0. The van der Waals surface area contributed by atoms with Gasteiger partial charge in [0, 0.05) is 60.5 Å². The molecule has 0 radical (unpaired) electrons. The second kappa shape index (κ2) is 15.4. The SMILES string of the molecule is CC1(C)c2cc(-c3ccc4c(c3)c3cccc5c6ccccc6n4c53)ccc2-c2ccc(N(c3ccc(-c4ccccc4)cc3)c3ccc(-c4ccc5c(c4)c4ccccc4n5-c4ccccc4)cc3)cc21. The van der Waals surface area contributed by atoms with Crippen molar-refractivity contribution in [2.24, 2.45) is 0 Å². The zero-order chi connectivity index (χ0) is 47.7. The summed E-state index contributed by atoms with van der Waals surface area (Å²) in [6, 6.07) is 92.0. The van der Waals surface area contributed by atoms with E-state index in [2.05, 4.69) is 276 Å². The predicted molar refractivity (Wildman–Crippen MR) is 304 cm³/mol. The summed E-state index contributed by atoms with van der Waals surface area (Å²) in [5.74, 6) is 0. The van der Waals surface area contributed by atoms with E-state index in [1.54, 1.807) is 0 Å². The minimum Gasteiger partial charge on any atom is -0.310 e. The molecule has 1 aliphatic carbocycles. The summed E-state index contributed by atoms with van der Waals surface area (Å²) in [4.78, 5) is 2.42. The Kier molecular flexibility index (Phi) is 8.71. The van der Waals surface area contributed by atoms with E-state index < -0.39 is 0 Å². The van der Waals surface area contributed by atoms with Crippen LogP contribution in [0.2, 0.25) is 0 Å². The quantitative estimate of drug-likeness (QED) is 0.155. The fourth-order valence-electron chi connectivity index (χ4n) is 12.3. The van der Waals surface area contributed by atoms with Gasteiger partial charge >= 0.3 is 0 Å². The van der Waals surface area contributed by atoms with Crippen LogP contribution in [0.25, 0.3) is 110 Å². The largest absolute Gasteiger partial charge is 0.310 e. The summed E-state index contributed by atoms with van der Waals surface area (Å²) in [7, 11) is 0. The molecule has 0 N–H and O–H groups in total. The number of anilines is 3. The molecule has 0 spiro atoms. The highest BCUT2D eigenvalue weighted by atomic mass is 15.1. The Labute approximate surface area is 418 Å². The maximum Gasteiger partial charge on any atom is 0.0620 e. The number of hydrogen-bond donors (Lipinski definition) is 0. The molecule has 0 atom stereocenters. The van der Waals surface area contributed by atoms with Gasteiger partial charge in [0.25, 0.3) is 0 Å². The number of para-hydroxylation sites is 4. The van der Waals surface area contributed by atoms with Gasteiger partial charge in [0.1, 0.15) is 0 Å². The summed E-state index contributed by atoms with van der Waals surface area (Å²) >= 11 is 0. The maximum atomic E-state index is 2.46. The first-order valence-electron chi connectivity index (χ1n) is 25.1. The number of aromatic nitrogens is 2. The first-order chi connectivity index (χ1) is 35.5. The Morgan fingerprint density at radius 1 is 0.306 bits per heavy atom. The van der Waals surface area contributed by atoms with Crippen LogP contribution in [-0.2, 0) is 5.41 Å². The van der Waals surface area contributed by atoms with Gasteiger partial charge in [0.2, 0.25) is 0 Å². The molecule has 0 saturated heterocycles. The Hall–Kier alpha value is -9.18. The fourth-order valence-corrected chi connectivity index (χ4v) is 12.3. The van der Waals surface area contributed by atoms with E-state index in [1.165, 1.54) is 121 Å².